The third kappa shape index (κ3) is 2.92. The second-order valence-corrected chi connectivity index (χ2v) is 9.81. The number of rotatable bonds is 3. The van der Waals surface area contributed by atoms with Crippen LogP contribution in [-0.2, 0) is 21.1 Å². The Bertz CT molecular complexity index is 908. The number of carbonyl (C=O) groups excluding carboxylic acids is 1. The number of carbonyl (C=O) groups is 1. The maximum atomic E-state index is 12.5. The summed E-state index contributed by atoms with van der Waals surface area (Å²) in [7, 11) is -1.65. The van der Waals surface area contributed by atoms with Gasteiger partial charge in [0.1, 0.15) is 0 Å². The van der Waals surface area contributed by atoms with Crippen molar-refractivity contribution in [3.8, 4) is 0 Å². The second kappa shape index (κ2) is 6.26. The Labute approximate surface area is 150 Å². The van der Waals surface area contributed by atoms with Crippen LogP contribution < -0.4 is 5.32 Å². The number of urea groups is 1. The van der Waals surface area contributed by atoms with Gasteiger partial charge in [-0.15, -0.1) is 11.3 Å². The van der Waals surface area contributed by atoms with E-state index in [1.165, 1.54) is 17.2 Å². The Balaban J connectivity index is 1.44. The minimum Gasteiger partial charge on any atom is -0.380 e. The Kier molecular flexibility index (Phi) is 4.21. The summed E-state index contributed by atoms with van der Waals surface area (Å²) >= 11 is 1.65. The number of hydrogen-bond donors (Lipinski definition) is 1. The van der Waals surface area contributed by atoms with Crippen molar-refractivity contribution in [1.29, 1.82) is 0 Å². The summed E-state index contributed by atoms with van der Waals surface area (Å²) in [5, 5.41) is 5.64. The first-order valence-corrected chi connectivity index (χ1v) is 10.8. The zero-order valence-electron chi connectivity index (χ0n) is 13.8. The van der Waals surface area contributed by atoms with Crippen LogP contribution in [0.4, 0.5) is 4.79 Å². The van der Waals surface area contributed by atoms with E-state index in [2.05, 4.69) is 17.4 Å². The van der Waals surface area contributed by atoms with Gasteiger partial charge < -0.3 is 15.0 Å². The first-order chi connectivity index (χ1) is 12.0. The van der Waals surface area contributed by atoms with Crippen LogP contribution in [0.3, 0.4) is 0 Å². The third-order valence-electron chi connectivity index (χ3n) is 5.23. The molecule has 134 valence electrons. The molecule has 4 rings (SSSR count). The number of thiophene rings is 1. The number of sulfone groups is 1. The Morgan fingerprint density at radius 3 is 3.00 bits per heavy atom. The van der Waals surface area contributed by atoms with E-state index < -0.39 is 15.1 Å². The maximum absolute atomic E-state index is 12.5. The van der Waals surface area contributed by atoms with E-state index in [-0.39, 0.29) is 30.4 Å². The number of nitrogens with zero attached hydrogens (tertiary/aromatic N) is 1. The van der Waals surface area contributed by atoms with Gasteiger partial charge in [-0.3, -0.25) is 0 Å². The summed E-state index contributed by atoms with van der Waals surface area (Å²) in [5.41, 5.74) is 1.07. The molecule has 2 fully saturated rings. The van der Waals surface area contributed by atoms with Crippen LogP contribution in [0.15, 0.2) is 29.6 Å². The fourth-order valence-electron chi connectivity index (χ4n) is 3.90. The van der Waals surface area contributed by atoms with E-state index in [0.29, 0.717) is 13.1 Å². The zero-order valence-corrected chi connectivity index (χ0v) is 15.5. The molecule has 0 unspecified atom stereocenters. The van der Waals surface area contributed by atoms with Gasteiger partial charge in [0.05, 0.1) is 17.1 Å². The quantitative estimate of drug-likeness (QED) is 0.882. The average molecular weight is 380 g/mol. The summed E-state index contributed by atoms with van der Waals surface area (Å²) < 4.78 is 31.0. The summed E-state index contributed by atoms with van der Waals surface area (Å²) in [4.78, 5) is 14.1. The van der Waals surface area contributed by atoms with Gasteiger partial charge in [-0.25, -0.2) is 13.2 Å². The molecule has 2 aliphatic rings. The van der Waals surface area contributed by atoms with E-state index in [9.17, 15) is 13.2 Å². The number of amides is 2. The average Bonchev–Trinajstić information content (AvgIpc) is 3.28. The van der Waals surface area contributed by atoms with Crippen molar-refractivity contribution in [2.75, 3.05) is 26.0 Å². The molecule has 3 heterocycles. The lowest BCUT2D eigenvalue weighted by molar-refractivity contribution is 0.0821. The van der Waals surface area contributed by atoms with E-state index in [4.69, 9.17) is 4.74 Å². The number of ether oxygens (including phenoxy) is 1. The first-order valence-electron chi connectivity index (χ1n) is 8.22. The SMILES string of the molecule is CO[C@@H]1CS(=O)(=O)[C@H]2CN(C(=O)NCc3cccc4ccsc34)C[C@@H]12. The summed E-state index contributed by atoms with van der Waals surface area (Å²) in [6, 6.07) is 7.88. The molecule has 2 aliphatic heterocycles. The van der Waals surface area contributed by atoms with Gasteiger partial charge in [0.25, 0.3) is 0 Å². The van der Waals surface area contributed by atoms with E-state index >= 15 is 0 Å². The van der Waals surface area contributed by atoms with Gasteiger partial charge in [-0.1, -0.05) is 18.2 Å². The molecule has 2 saturated heterocycles. The lowest BCUT2D eigenvalue weighted by atomic mass is 10.0. The van der Waals surface area contributed by atoms with Gasteiger partial charge in [0.15, 0.2) is 9.84 Å². The third-order valence-corrected chi connectivity index (χ3v) is 8.45. The lowest BCUT2D eigenvalue weighted by Gasteiger charge is -2.20. The number of nitrogens with one attached hydrogen (secondary N) is 1. The Morgan fingerprint density at radius 1 is 1.36 bits per heavy atom. The van der Waals surface area contributed by atoms with Crippen LogP contribution in [-0.4, -0.2) is 56.7 Å². The highest BCUT2D eigenvalue weighted by atomic mass is 32.2. The second-order valence-electron chi connectivity index (χ2n) is 6.63. The Morgan fingerprint density at radius 2 is 2.20 bits per heavy atom. The van der Waals surface area contributed by atoms with Gasteiger partial charge in [0, 0.05) is 37.4 Å². The minimum atomic E-state index is -3.18. The number of fused-ring (bicyclic) bond motifs is 2. The van der Waals surface area contributed by atoms with Crippen molar-refractivity contribution in [3.63, 3.8) is 0 Å². The molecule has 0 saturated carbocycles. The van der Waals surface area contributed by atoms with Crippen molar-refractivity contribution in [2.45, 2.75) is 17.9 Å². The highest BCUT2D eigenvalue weighted by molar-refractivity contribution is 7.92. The van der Waals surface area contributed by atoms with Gasteiger partial charge >= 0.3 is 6.03 Å². The molecule has 3 atom stereocenters. The smallest absolute Gasteiger partial charge is 0.317 e. The number of likely N-dealkylation sites (tertiary alicyclic amines) is 1. The van der Waals surface area contributed by atoms with Crippen molar-refractivity contribution < 1.29 is 17.9 Å². The van der Waals surface area contributed by atoms with Crippen LogP contribution in [0.1, 0.15) is 5.56 Å². The molecule has 1 aromatic carbocycles. The van der Waals surface area contributed by atoms with Crippen LogP contribution in [0.25, 0.3) is 10.1 Å². The molecular weight excluding hydrogens is 360 g/mol. The summed E-state index contributed by atoms with van der Waals surface area (Å²) in [5.74, 6) is -0.0595. The van der Waals surface area contributed by atoms with Crippen molar-refractivity contribution in [3.05, 3.63) is 35.2 Å². The number of hydrogen-bond acceptors (Lipinski definition) is 5. The molecule has 1 N–H and O–H groups in total. The molecule has 8 heteroatoms. The maximum Gasteiger partial charge on any atom is 0.317 e. The molecule has 0 aliphatic carbocycles. The molecular formula is C17H20N2O4S2. The first kappa shape index (κ1) is 16.8. The topological polar surface area (TPSA) is 75.7 Å². The molecule has 2 aromatic rings. The minimum absolute atomic E-state index is 0.0642. The van der Waals surface area contributed by atoms with Gasteiger partial charge in [0.2, 0.25) is 0 Å². The van der Waals surface area contributed by atoms with E-state index in [1.54, 1.807) is 16.2 Å². The fourth-order valence-corrected chi connectivity index (χ4v) is 7.10. The standard InChI is InChI=1S/C17H20N2O4S2/c1-23-14-10-25(21,22)15-9-19(8-13(14)15)17(20)18-7-12-4-2-3-11-5-6-24-16(11)12/h2-6,13-15H,7-10H2,1H3,(H,18,20)/t13-,14+,15-/m0/s1. The van der Waals surface area contributed by atoms with Gasteiger partial charge in [-0.2, -0.15) is 0 Å². The van der Waals surface area contributed by atoms with Crippen molar-refractivity contribution >= 4 is 37.3 Å². The molecule has 25 heavy (non-hydrogen) atoms. The lowest BCUT2D eigenvalue weighted by Crippen LogP contribution is -2.40. The van der Waals surface area contributed by atoms with E-state index in [0.717, 1.165) is 5.56 Å². The van der Waals surface area contributed by atoms with Crippen LogP contribution in [0.2, 0.25) is 0 Å². The molecule has 0 spiro atoms. The Hall–Kier alpha value is -1.64. The monoisotopic (exact) mass is 380 g/mol. The number of benzene rings is 1. The van der Waals surface area contributed by atoms with Crippen LogP contribution in [0, 0.1) is 5.92 Å². The highest BCUT2D eigenvalue weighted by Gasteiger charge is 2.53. The largest absolute Gasteiger partial charge is 0.380 e. The molecule has 1 aromatic heterocycles. The number of methoxy groups -OCH3 is 1. The summed E-state index contributed by atoms with van der Waals surface area (Å²) in [6.45, 7) is 1.11. The molecule has 2 amide bonds. The van der Waals surface area contributed by atoms with Gasteiger partial charge in [-0.05, 0) is 22.4 Å². The van der Waals surface area contributed by atoms with Crippen molar-refractivity contribution in [2.24, 2.45) is 5.92 Å². The van der Waals surface area contributed by atoms with E-state index in [1.807, 2.05) is 17.5 Å². The van der Waals surface area contributed by atoms with Crippen molar-refractivity contribution in [1.82, 2.24) is 10.2 Å². The van der Waals surface area contributed by atoms with Crippen LogP contribution >= 0.6 is 11.3 Å². The fraction of sp³-hybridized carbons (Fsp3) is 0.471. The predicted octanol–water partition coefficient (Wildman–Crippen LogP) is 1.85. The molecule has 0 bridgehead atoms. The van der Waals surface area contributed by atoms with Crippen LogP contribution in [0.5, 0.6) is 0 Å². The normalized spacial score (nSPS) is 27.6. The predicted molar refractivity (Wildman–Crippen MR) is 97.5 cm³/mol. The zero-order chi connectivity index (χ0) is 17.6. The molecule has 0 radical (unpaired) electrons. The highest BCUT2D eigenvalue weighted by Crippen LogP contribution is 2.35. The summed E-state index contributed by atoms with van der Waals surface area (Å²) in [6.07, 6.45) is -0.312. The molecule has 6 nitrogen and oxygen atoms in total.